The van der Waals surface area contributed by atoms with Crippen molar-refractivity contribution in [2.45, 2.75) is 71.9 Å². The van der Waals surface area contributed by atoms with E-state index in [0.29, 0.717) is 5.54 Å². The van der Waals surface area contributed by atoms with Gasteiger partial charge in [-0.25, -0.2) is 0 Å². The molecule has 0 aliphatic carbocycles. The maximum absolute atomic E-state index is 6.09. The van der Waals surface area contributed by atoms with Gasteiger partial charge in [-0.05, 0) is 24.9 Å². The number of hydrogen-bond acceptors (Lipinski definition) is 2. The number of unbranched alkanes of at least 4 members (excludes halogenated alkanes) is 2. The van der Waals surface area contributed by atoms with Crippen LogP contribution in [0.2, 0.25) is 12.1 Å². The average molecular weight is 246 g/mol. The smallest absolute Gasteiger partial charge is 0.337 e. The first-order valence-electron chi connectivity index (χ1n) is 6.88. The van der Waals surface area contributed by atoms with Gasteiger partial charge in [0.1, 0.15) is 0 Å². The molecule has 0 amide bonds. The molecule has 0 saturated carbocycles. The Hall–Kier alpha value is 0.137. The SMILES string of the molecule is CCCCO[Si](C)(OCCCC)C(C)CC. The zero-order chi connectivity index (χ0) is 12.4. The highest BCUT2D eigenvalue weighted by Gasteiger charge is 2.37. The van der Waals surface area contributed by atoms with Crippen LogP contribution in [0.25, 0.3) is 0 Å². The monoisotopic (exact) mass is 246 g/mol. The second-order valence-electron chi connectivity index (χ2n) is 4.73. The van der Waals surface area contributed by atoms with Gasteiger partial charge in [-0.2, -0.15) is 0 Å². The summed E-state index contributed by atoms with van der Waals surface area (Å²) in [5.74, 6) is 0. The quantitative estimate of drug-likeness (QED) is 0.417. The number of rotatable bonds is 10. The van der Waals surface area contributed by atoms with Gasteiger partial charge in [0.05, 0.1) is 0 Å². The van der Waals surface area contributed by atoms with Gasteiger partial charge in [-0.15, -0.1) is 0 Å². The van der Waals surface area contributed by atoms with Crippen LogP contribution in [0.4, 0.5) is 0 Å². The van der Waals surface area contributed by atoms with Crippen LogP contribution in [-0.4, -0.2) is 21.8 Å². The van der Waals surface area contributed by atoms with E-state index in [0.717, 1.165) is 32.5 Å². The van der Waals surface area contributed by atoms with Gasteiger partial charge in [-0.3, -0.25) is 0 Å². The molecule has 16 heavy (non-hydrogen) atoms. The molecule has 1 atom stereocenters. The molecular weight excluding hydrogens is 216 g/mol. The topological polar surface area (TPSA) is 18.5 Å². The standard InChI is InChI=1S/C13H30O2Si/c1-6-9-11-14-16(5,13(4)8-3)15-12-10-7-2/h13H,6-12H2,1-5H3. The van der Waals surface area contributed by atoms with Crippen molar-refractivity contribution >= 4 is 8.56 Å². The normalized spacial score (nSPS) is 14.1. The Labute approximate surface area is 103 Å². The van der Waals surface area contributed by atoms with E-state index in [9.17, 15) is 0 Å². The predicted octanol–water partition coefficient (Wildman–Crippen LogP) is 4.49. The Kier molecular flexibility index (Phi) is 9.28. The summed E-state index contributed by atoms with van der Waals surface area (Å²) in [4.78, 5) is 0. The lowest BCUT2D eigenvalue weighted by Crippen LogP contribution is -2.43. The predicted molar refractivity (Wildman–Crippen MR) is 73.1 cm³/mol. The summed E-state index contributed by atoms with van der Waals surface area (Å²) in [6.45, 7) is 12.9. The Bertz CT molecular complexity index is 152. The van der Waals surface area contributed by atoms with Crippen molar-refractivity contribution in [1.82, 2.24) is 0 Å². The van der Waals surface area contributed by atoms with Gasteiger partial charge in [-0.1, -0.05) is 47.0 Å². The second kappa shape index (κ2) is 9.20. The first kappa shape index (κ1) is 16.1. The van der Waals surface area contributed by atoms with Crippen molar-refractivity contribution in [1.29, 1.82) is 0 Å². The zero-order valence-electron chi connectivity index (χ0n) is 11.8. The minimum absolute atomic E-state index is 0.584. The Morgan fingerprint density at radius 1 is 0.938 bits per heavy atom. The van der Waals surface area contributed by atoms with Gasteiger partial charge < -0.3 is 8.85 Å². The highest BCUT2D eigenvalue weighted by atomic mass is 28.4. The van der Waals surface area contributed by atoms with Crippen molar-refractivity contribution < 1.29 is 8.85 Å². The van der Waals surface area contributed by atoms with Gasteiger partial charge in [0, 0.05) is 13.2 Å². The third-order valence-electron chi connectivity index (χ3n) is 3.28. The molecule has 3 heteroatoms. The van der Waals surface area contributed by atoms with Crippen LogP contribution >= 0.6 is 0 Å². The Balaban J connectivity index is 4.13. The summed E-state index contributed by atoms with van der Waals surface area (Å²) in [6, 6.07) is 0. The van der Waals surface area contributed by atoms with Gasteiger partial charge >= 0.3 is 8.56 Å². The summed E-state index contributed by atoms with van der Waals surface area (Å²) >= 11 is 0. The molecule has 98 valence electrons. The summed E-state index contributed by atoms with van der Waals surface area (Å²) in [6.07, 6.45) is 5.84. The summed E-state index contributed by atoms with van der Waals surface area (Å²) in [5, 5.41) is 0. The van der Waals surface area contributed by atoms with Crippen molar-refractivity contribution in [3.63, 3.8) is 0 Å². The van der Waals surface area contributed by atoms with Crippen molar-refractivity contribution in [3.8, 4) is 0 Å². The molecule has 0 aliphatic rings. The highest BCUT2D eigenvalue weighted by Crippen LogP contribution is 2.27. The lowest BCUT2D eigenvalue weighted by atomic mass is 10.4. The largest absolute Gasteiger partial charge is 0.394 e. The maximum atomic E-state index is 6.09. The molecule has 0 fully saturated rings. The van der Waals surface area contributed by atoms with Crippen LogP contribution in [0.15, 0.2) is 0 Å². The Morgan fingerprint density at radius 3 is 1.69 bits per heavy atom. The molecule has 0 aromatic heterocycles. The molecule has 0 spiro atoms. The maximum Gasteiger partial charge on any atom is 0.337 e. The number of hydrogen-bond donors (Lipinski definition) is 0. The van der Waals surface area contributed by atoms with E-state index in [4.69, 9.17) is 8.85 Å². The van der Waals surface area contributed by atoms with Crippen LogP contribution in [0.1, 0.15) is 59.8 Å². The fourth-order valence-corrected chi connectivity index (χ4v) is 4.03. The average Bonchev–Trinajstić information content (AvgIpc) is 2.28. The van der Waals surface area contributed by atoms with Crippen LogP contribution in [0.3, 0.4) is 0 Å². The minimum Gasteiger partial charge on any atom is -0.394 e. The molecule has 0 bridgehead atoms. The van der Waals surface area contributed by atoms with Crippen molar-refractivity contribution in [2.24, 2.45) is 0 Å². The molecule has 0 aromatic carbocycles. The van der Waals surface area contributed by atoms with E-state index in [1.54, 1.807) is 0 Å². The van der Waals surface area contributed by atoms with Gasteiger partial charge in [0.2, 0.25) is 0 Å². The zero-order valence-corrected chi connectivity index (χ0v) is 12.8. The lowest BCUT2D eigenvalue weighted by Gasteiger charge is -2.32. The van der Waals surface area contributed by atoms with Crippen molar-refractivity contribution in [3.05, 3.63) is 0 Å². The second-order valence-corrected chi connectivity index (χ2v) is 8.32. The molecule has 0 radical (unpaired) electrons. The van der Waals surface area contributed by atoms with Gasteiger partial charge in [0.15, 0.2) is 0 Å². The van der Waals surface area contributed by atoms with E-state index in [1.807, 2.05) is 0 Å². The summed E-state index contributed by atoms with van der Waals surface area (Å²) in [7, 11) is -1.93. The molecule has 0 aliphatic heterocycles. The van der Waals surface area contributed by atoms with Crippen molar-refractivity contribution in [2.75, 3.05) is 13.2 Å². The van der Waals surface area contributed by atoms with E-state index >= 15 is 0 Å². The fourth-order valence-electron chi connectivity index (χ4n) is 1.54. The van der Waals surface area contributed by atoms with E-state index in [2.05, 4.69) is 34.2 Å². The molecule has 0 aromatic rings. The van der Waals surface area contributed by atoms with E-state index in [1.165, 1.54) is 12.8 Å². The molecule has 0 N–H and O–H groups in total. The molecule has 2 nitrogen and oxygen atoms in total. The highest BCUT2D eigenvalue weighted by molar-refractivity contribution is 6.67. The fraction of sp³-hybridized carbons (Fsp3) is 1.00. The van der Waals surface area contributed by atoms with Crippen LogP contribution < -0.4 is 0 Å². The Morgan fingerprint density at radius 2 is 1.38 bits per heavy atom. The molecule has 0 heterocycles. The van der Waals surface area contributed by atoms with Crippen LogP contribution in [0.5, 0.6) is 0 Å². The summed E-state index contributed by atoms with van der Waals surface area (Å²) in [5.41, 5.74) is 0.584. The molecule has 0 saturated heterocycles. The van der Waals surface area contributed by atoms with Crippen LogP contribution in [-0.2, 0) is 8.85 Å². The lowest BCUT2D eigenvalue weighted by molar-refractivity contribution is 0.160. The van der Waals surface area contributed by atoms with E-state index < -0.39 is 8.56 Å². The third-order valence-corrected chi connectivity index (χ3v) is 7.03. The van der Waals surface area contributed by atoms with E-state index in [-0.39, 0.29) is 0 Å². The van der Waals surface area contributed by atoms with Gasteiger partial charge in [0.25, 0.3) is 0 Å². The first-order chi connectivity index (χ1) is 7.60. The molecule has 1 unspecified atom stereocenters. The molecule has 0 rings (SSSR count). The minimum atomic E-state index is -1.93. The summed E-state index contributed by atoms with van der Waals surface area (Å²) < 4.78 is 12.2. The molecular formula is C13H30O2Si. The van der Waals surface area contributed by atoms with Crippen LogP contribution in [0, 0.1) is 0 Å². The third kappa shape index (κ3) is 6.02. The first-order valence-corrected chi connectivity index (χ1v) is 9.28.